The molecule has 0 aliphatic carbocycles. The number of hydrogen-bond donors (Lipinski definition) is 1. The Morgan fingerprint density at radius 3 is 2.66 bits per heavy atom. The van der Waals surface area contributed by atoms with Crippen molar-refractivity contribution >= 4 is 11.9 Å². The molecule has 158 valence electrons. The molecule has 1 aromatic carbocycles. The average Bonchev–Trinajstić information content (AvgIpc) is 3.39. The van der Waals surface area contributed by atoms with Crippen LogP contribution >= 0.6 is 0 Å². The molecule has 1 amide bonds. The van der Waals surface area contributed by atoms with E-state index in [-0.39, 0.29) is 5.91 Å². The average molecular weight is 399 g/mol. The molecule has 1 aromatic rings. The summed E-state index contributed by atoms with van der Waals surface area (Å²) < 4.78 is 5.62. The highest BCUT2D eigenvalue weighted by Crippen LogP contribution is 2.38. The van der Waals surface area contributed by atoms with Gasteiger partial charge in [0.05, 0.1) is 13.2 Å². The van der Waals surface area contributed by atoms with Gasteiger partial charge in [-0.25, -0.2) is 0 Å². The van der Waals surface area contributed by atoms with Crippen LogP contribution in [0.2, 0.25) is 0 Å². The SMILES string of the molecule is CN=C(NCC(=O)N1CCC(Cc2ccccc2)CC1)N1CCC2(CCOC2)C1. The number of aliphatic imine (C=N–C) groups is 1. The van der Waals surface area contributed by atoms with Gasteiger partial charge in [-0.15, -0.1) is 0 Å². The molecule has 3 aliphatic heterocycles. The van der Waals surface area contributed by atoms with Crippen LogP contribution in [0.25, 0.3) is 0 Å². The van der Waals surface area contributed by atoms with Gasteiger partial charge in [-0.1, -0.05) is 30.3 Å². The molecule has 6 heteroatoms. The molecular formula is C23H34N4O2. The van der Waals surface area contributed by atoms with E-state index < -0.39 is 0 Å². The first-order valence-electron chi connectivity index (χ1n) is 11.0. The summed E-state index contributed by atoms with van der Waals surface area (Å²) in [4.78, 5) is 21.4. The van der Waals surface area contributed by atoms with Gasteiger partial charge >= 0.3 is 0 Å². The van der Waals surface area contributed by atoms with E-state index in [4.69, 9.17) is 4.74 Å². The van der Waals surface area contributed by atoms with Crippen LogP contribution in [0.5, 0.6) is 0 Å². The number of likely N-dealkylation sites (tertiary alicyclic amines) is 2. The first-order chi connectivity index (χ1) is 14.2. The lowest BCUT2D eigenvalue weighted by atomic mass is 9.87. The van der Waals surface area contributed by atoms with Crippen molar-refractivity contribution in [1.82, 2.24) is 15.1 Å². The van der Waals surface area contributed by atoms with E-state index in [0.717, 1.165) is 77.5 Å². The Hall–Kier alpha value is -2.08. The number of hydrogen-bond acceptors (Lipinski definition) is 3. The molecule has 0 saturated carbocycles. The first kappa shape index (κ1) is 20.2. The summed E-state index contributed by atoms with van der Waals surface area (Å²) in [6.45, 7) is 5.75. The van der Waals surface area contributed by atoms with Gasteiger partial charge in [0.2, 0.25) is 5.91 Å². The number of rotatable bonds is 4. The number of nitrogens with zero attached hydrogens (tertiary/aromatic N) is 3. The predicted octanol–water partition coefficient (Wildman–Crippen LogP) is 2.16. The lowest BCUT2D eigenvalue weighted by Gasteiger charge is -2.32. The fourth-order valence-corrected chi connectivity index (χ4v) is 5.02. The predicted molar refractivity (Wildman–Crippen MR) is 115 cm³/mol. The van der Waals surface area contributed by atoms with Gasteiger partial charge in [0.15, 0.2) is 5.96 Å². The minimum atomic E-state index is 0.183. The van der Waals surface area contributed by atoms with Crippen molar-refractivity contribution in [2.75, 3.05) is 53.0 Å². The Kier molecular flexibility index (Phi) is 6.38. The van der Waals surface area contributed by atoms with Crippen molar-refractivity contribution in [3.63, 3.8) is 0 Å². The van der Waals surface area contributed by atoms with Crippen molar-refractivity contribution in [2.24, 2.45) is 16.3 Å². The van der Waals surface area contributed by atoms with E-state index in [9.17, 15) is 4.79 Å². The van der Waals surface area contributed by atoms with Gasteiger partial charge in [-0.2, -0.15) is 0 Å². The van der Waals surface area contributed by atoms with Crippen LogP contribution in [0.15, 0.2) is 35.3 Å². The van der Waals surface area contributed by atoms with Gasteiger partial charge in [0, 0.05) is 45.2 Å². The minimum Gasteiger partial charge on any atom is -0.381 e. The van der Waals surface area contributed by atoms with Crippen molar-refractivity contribution in [1.29, 1.82) is 0 Å². The maximum atomic E-state index is 12.7. The van der Waals surface area contributed by atoms with E-state index in [2.05, 4.69) is 45.5 Å². The third-order valence-electron chi connectivity index (χ3n) is 6.87. The number of amides is 1. The highest BCUT2D eigenvalue weighted by atomic mass is 16.5. The molecular weight excluding hydrogens is 364 g/mol. The second-order valence-corrected chi connectivity index (χ2v) is 8.89. The molecule has 0 bridgehead atoms. The van der Waals surface area contributed by atoms with Gasteiger partial charge in [0.25, 0.3) is 0 Å². The molecule has 3 fully saturated rings. The Bertz CT molecular complexity index is 707. The molecule has 1 atom stereocenters. The van der Waals surface area contributed by atoms with E-state index in [1.165, 1.54) is 5.56 Å². The van der Waals surface area contributed by atoms with Crippen molar-refractivity contribution < 1.29 is 9.53 Å². The summed E-state index contributed by atoms with van der Waals surface area (Å²) in [7, 11) is 1.80. The zero-order valence-electron chi connectivity index (χ0n) is 17.6. The smallest absolute Gasteiger partial charge is 0.241 e. The molecule has 3 aliphatic rings. The Balaban J connectivity index is 1.20. The first-order valence-corrected chi connectivity index (χ1v) is 11.0. The van der Waals surface area contributed by atoms with E-state index in [1.54, 1.807) is 7.05 Å². The van der Waals surface area contributed by atoms with Crippen LogP contribution in [0.1, 0.15) is 31.2 Å². The summed E-state index contributed by atoms with van der Waals surface area (Å²) in [5.74, 6) is 1.71. The summed E-state index contributed by atoms with van der Waals surface area (Å²) >= 11 is 0. The van der Waals surface area contributed by atoms with E-state index in [1.807, 2.05) is 4.90 Å². The third-order valence-corrected chi connectivity index (χ3v) is 6.87. The van der Waals surface area contributed by atoms with Crippen LogP contribution in [-0.2, 0) is 16.0 Å². The summed E-state index contributed by atoms with van der Waals surface area (Å²) in [5.41, 5.74) is 1.70. The molecule has 3 heterocycles. The highest BCUT2D eigenvalue weighted by Gasteiger charge is 2.42. The maximum absolute atomic E-state index is 12.7. The molecule has 3 saturated heterocycles. The summed E-state index contributed by atoms with van der Waals surface area (Å²) in [6, 6.07) is 10.7. The molecule has 29 heavy (non-hydrogen) atoms. The number of carbonyl (C=O) groups is 1. The Morgan fingerprint density at radius 2 is 1.97 bits per heavy atom. The standard InChI is InChI=1S/C23H34N4O2/c1-24-22(27-13-9-23(17-27)10-14-29-18-23)25-16-21(28)26-11-7-20(8-12-26)15-19-5-3-2-4-6-19/h2-6,20H,7-18H2,1H3,(H,24,25). The van der Waals surface area contributed by atoms with Crippen LogP contribution < -0.4 is 5.32 Å². The second-order valence-electron chi connectivity index (χ2n) is 8.89. The van der Waals surface area contributed by atoms with Crippen LogP contribution in [0.4, 0.5) is 0 Å². The minimum absolute atomic E-state index is 0.183. The van der Waals surface area contributed by atoms with Crippen LogP contribution in [0, 0.1) is 11.3 Å². The van der Waals surface area contributed by atoms with Crippen LogP contribution in [-0.4, -0.2) is 74.7 Å². The topological polar surface area (TPSA) is 57.2 Å². The highest BCUT2D eigenvalue weighted by molar-refractivity contribution is 5.86. The number of nitrogens with one attached hydrogen (secondary N) is 1. The fourth-order valence-electron chi connectivity index (χ4n) is 5.02. The van der Waals surface area contributed by atoms with Crippen molar-refractivity contribution in [3.8, 4) is 0 Å². The lowest BCUT2D eigenvalue weighted by Crippen LogP contribution is -2.48. The number of carbonyl (C=O) groups excluding carboxylic acids is 1. The quantitative estimate of drug-likeness (QED) is 0.624. The zero-order chi connectivity index (χ0) is 20.1. The molecule has 0 aromatic heterocycles. The Morgan fingerprint density at radius 1 is 1.17 bits per heavy atom. The third kappa shape index (κ3) is 4.92. The summed E-state index contributed by atoms with van der Waals surface area (Å²) in [6.07, 6.45) is 5.58. The van der Waals surface area contributed by atoms with Crippen LogP contribution in [0.3, 0.4) is 0 Å². The van der Waals surface area contributed by atoms with Crippen molar-refractivity contribution in [3.05, 3.63) is 35.9 Å². The number of benzene rings is 1. The number of piperidine rings is 1. The van der Waals surface area contributed by atoms with Gasteiger partial charge in [-0.3, -0.25) is 9.79 Å². The summed E-state index contributed by atoms with van der Waals surface area (Å²) in [5, 5.41) is 3.31. The van der Waals surface area contributed by atoms with Gasteiger partial charge < -0.3 is 19.9 Å². The molecule has 1 N–H and O–H groups in total. The number of ether oxygens (including phenoxy) is 1. The monoisotopic (exact) mass is 398 g/mol. The molecule has 4 rings (SSSR count). The molecule has 0 radical (unpaired) electrons. The maximum Gasteiger partial charge on any atom is 0.241 e. The normalized spacial score (nSPS) is 25.8. The second kappa shape index (κ2) is 9.16. The number of guanidine groups is 1. The lowest BCUT2D eigenvalue weighted by molar-refractivity contribution is -0.131. The van der Waals surface area contributed by atoms with Gasteiger partial charge in [-0.05, 0) is 43.6 Å². The fraction of sp³-hybridized carbons (Fsp3) is 0.652. The van der Waals surface area contributed by atoms with Gasteiger partial charge in [0.1, 0.15) is 0 Å². The molecule has 1 spiro atoms. The van der Waals surface area contributed by atoms with E-state index >= 15 is 0 Å². The molecule has 6 nitrogen and oxygen atoms in total. The molecule has 1 unspecified atom stereocenters. The Labute approximate surface area is 174 Å². The van der Waals surface area contributed by atoms with Crippen molar-refractivity contribution in [2.45, 2.75) is 32.1 Å². The zero-order valence-corrected chi connectivity index (χ0v) is 17.6. The van der Waals surface area contributed by atoms with E-state index in [0.29, 0.717) is 17.9 Å². The largest absolute Gasteiger partial charge is 0.381 e.